The maximum absolute atomic E-state index is 12.5. The van der Waals surface area contributed by atoms with Crippen LogP contribution in [0.2, 0.25) is 0 Å². The van der Waals surface area contributed by atoms with E-state index < -0.39 is 5.97 Å². The molecule has 0 unspecified atom stereocenters. The van der Waals surface area contributed by atoms with Gasteiger partial charge in [-0.2, -0.15) is 0 Å². The fourth-order valence-corrected chi connectivity index (χ4v) is 1.87. The zero-order valence-electron chi connectivity index (χ0n) is 12.6. The summed E-state index contributed by atoms with van der Waals surface area (Å²) >= 11 is 0. The van der Waals surface area contributed by atoms with Crippen LogP contribution in [0.1, 0.15) is 28.4 Å². The number of hydrogen-bond donors (Lipinski definition) is 1. The van der Waals surface area contributed by atoms with Gasteiger partial charge in [0.2, 0.25) is 0 Å². The second kappa shape index (κ2) is 8.08. The molecule has 1 aromatic rings. The van der Waals surface area contributed by atoms with Gasteiger partial charge in [0, 0.05) is 17.7 Å². The smallest absolute Gasteiger partial charge is 0.325 e. The Bertz CT molecular complexity index is 585. The van der Waals surface area contributed by atoms with Crippen molar-refractivity contribution in [3.8, 4) is 11.8 Å². The summed E-state index contributed by atoms with van der Waals surface area (Å²) in [7, 11) is 1.30. The Morgan fingerprint density at radius 2 is 2.10 bits per heavy atom. The van der Waals surface area contributed by atoms with Crippen LogP contribution in [-0.2, 0) is 9.53 Å². The van der Waals surface area contributed by atoms with Gasteiger partial charge in [-0.05, 0) is 31.5 Å². The third-order valence-electron chi connectivity index (χ3n) is 3.11. The Hall–Kier alpha value is -2.32. The fourth-order valence-electron chi connectivity index (χ4n) is 1.87. The minimum Gasteiger partial charge on any atom is -0.468 e. The number of nitrogens with two attached hydrogens (primary N) is 1. The van der Waals surface area contributed by atoms with E-state index >= 15 is 0 Å². The average Bonchev–Trinajstić information content (AvgIpc) is 2.50. The number of nitrogens with zero attached hydrogens (tertiary/aromatic N) is 1. The number of amides is 1. The van der Waals surface area contributed by atoms with Crippen LogP contribution in [-0.4, -0.2) is 43.5 Å². The molecule has 0 aliphatic carbocycles. The molecule has 0 radical (unpaired) electrons. The van der Waals surface area contributed by atoms with Gasteiger partial charge in [-0.15, -0.1) is 0 Å². The summed E-state index contributed by atoms with van der Waals surface area (Å²) < 4.78 is 4.61. The molecule has 1 aromatic carbocycles. The predicted octanol–water partition coefficient (Wildman–Crippen LogP) is 0.940. The van der Waals surface area contributed by atoms with Crippen LogP contribution in [0.15, 0.2) is 18.2 Å². The highest BCUT2D eigenvalue weighted by molar-refractivity contribution is 5.97. The van der Waals surface area contributed by atoms with Gasteiger partial charge < -0.3 is 15.4 Å². The second-order valence-corrected chi connectivity index (χ2v) is 4.38. The van der Waals surface area contributed by atoms with Crippen molar-refractivity contribution >= 4 is 11.9 Å². The van der Waals surface area contributed by atoms with Gasteiger partial charge >= 0.3 is 5.97 Å². The molecule has 0 aromatic heterocycles. The lowest BCUT2D eigenvalue weighted by atomic mass is 10.0. The molecular formula is C16H20N2O3. The second-order valence-electron chi connectivity index (χ2n) is 4.38. The normalized spacial score (nSPS) is 9.52. The molecule has 1 rings (SSSR count). The van der Waals surface area contributed by atoms with Crippen molar-refractivity contribution in [3.63, 3.8) is 0 Å². The molecule has 1 amide bonds. The zero-order valence-corrected chi connectivity index (χ0v) is 12.6. The SMILES string of the molecule is CCN(CC(=O)OC)C(=O)c1cccc(C#CCN)c1C. The number of benzene rings is 1. The molecule has 0 aliphatic heterocycles. The van der Waals surface area contributed by atoms with Crippen LogP contribution in [0.25, 0.3) is 0 Å². The molecule has 0 saturated carbocycles. The Kier molecular flexibility index (Phi) is 6.44. The molecule has 0 aliphatic rings. The summed E-state index contributed by atoms with van der Waals surface area (Å²) in [5.41, 5.74) is 7.44. The Morgan fingerprint density at radius 3 is 2.67 bits per heavy atom. The molecule has 0 spiro atoms. The Labute approximate surface area is 125 Å². The van der Waals surface area contributed by atoms with Gasteiger partial charge in [0.1, 0.15) is 6.54 Å². The van der Waals surface area contributed by atoms with Crippen LogP contribution in [0, 0.1) is 18.8 Å². The van der Waals surface area contributed by atoms with Crippen LogP contribution in [0.3, 0.4) is 0 Å². The number of methoxy groups -OCH3 is 1. The van der Waals surface area contributed by atoms with Crippen molar-refractivity contribution in [2.45, 2.75) is 13.8 Å². The van der Waals surface area contributed by atoms with Gasteiger partial charge in [-0.25, -0.2) is 0 Å². The van der Waals surface area contributed by atoms with Gasteiger partial charge in [0.25, 0.3) is 5.91 Å². The molecule has 5 nitrogen and oxygen atoms in total. The Morgan fingerprint density at radius 1 is 1.38 bits per heavy atom. The number of carbonyl (C=O) groups is 2. The van der Waals surface area contributed by atoms with E-state index in [1.807, 2.05) is 19.9 Å². The first-order valence-electron chi connectivity index (χ1n) is 6.69. The van der Waals surface area contributed by atoms with Crippen LogP contribution in [0.4, 0.5) is 0 Å². The Balaban J connectivity index is 3.08. The maximum Gasteiger partial charge on any atom is 0.325 e. The highest BCUT2D eigenvalue weighted by Crippen LogP contribution is 2.15. The molecule has 5 heteroatoms. The summed E-state index contributed by atoms with van der Waals surface area (Å²) in [6.07, 6.45) is 0. The van der Waals surface area contributed by atoms with Gasteiger partial charge in [0.15, 0.2) is 0 Å². The lowest BCUT2D eigenvalue weighted by molar-refractivity contribution is -0.141. The molecule has 112 valence electrons. The van der Waals surface area contributed by atoms with E-state index in [4.69, 9.17) is 5.73 Å². The highest BCUT2D eigenvalue weighted by Gasteiger charge is 2.19. The van der Waals surface area contributed by atoms with Crippen molar-refractivity contribution in [3.05, 3.63) is 34.9 Å². The maximum atomic E-state index is 12.5. The molecule has 0 bridgehead atoms. The standard InChI is InChI=1S/C16H20N2O3/c1-4-18(11-15(19)21-3)16(20)14-9-5-7-13(12(14)2)8-6-10-17/h5,7,9H,4,10-11,17H2,1-3H3. The van der Waals surface area contributed by atoms with Crippen molar-refractivity contribution in [2.75, 3.05) is 26.7 Å². The third kappa shape index (κ3) is 4.33. The van der Waals surface area contributed by atoms with Crippen LogP contribution in [0.5, 0.6) is 0 Å². The highest BCUT2D eigenvalue weighted by atomic mass is 16.5. The van der Waals surface area contributed by atoms with Crippen molar-refractivity contribution < 1.29 is 14.3 Å². The third-order valence-corrected chi connectivity index (χ3v) is 3.11. The predicted molar refractivity (Wildman–Crippen MR) is 80.7 cm³/mol. The molecule has 0 heterocycles. The van der Waals surface area contributed by atoms with Gasteiger partial charge in [0.05, 0.1) is 13.7 Å². The lowest BCUT2D eigenvalue weighted by Gasteiger charge is -2.20. The van der Waals surface area contributed by atoms with Crippen molar-refractivity contribution in [1.82, 2.24) is 4.90 Å². The average molecular weight is 288 g/mol. The first kappa shape index (κ1) is 16.7. The van der Waals surface area contributed by atoms with Crippen LogP contribution < -0.4 is 5.73 Å². The topological polar surface area (TPSA) is 72.6 Å². The lowest BCUT2D eigenvalue weighted by Crippen LogP contribution is -2.36. The number of likely N-dealkylation sites (N-methyl/N-ethyl adjacent to an activating group) is 1. The molecule has 21 heavy (non-hydrogen) atoms. The van der Waals surface area contributed by atoms with E-state index in [0.717, 1.165) is 11.1 Å². The summed E-state index contributed by atoms with van der Waals surface area (Å²) in [5.74, 6) is 5.06. The fraction of sp³-hybridized carbons (Fsp3) is 0.375. The zero-order chi connectivity index (χ0) is 15.8. The summed E-state index contributed by atoms with van der Waals surface area (Å²) in [6.45, 7) is 4.27. The summed E-state index contributed by atoms with van der Waals surface area (Å²) in [6, 6.07) is 5.34. The largest absolute Gasteiger partial charge is 0.468 e. The van der Waals surface area contributed by atoms with Gasteiger partial charge in [-0.1, -0.05) is 17.9 Å². The monoisotopic (exact) mass is 288 g/mol. The first-order chi connectivity index (χ1) is 10.0. The first-order valence-corrected chi connectivity index (χ1v) is 6.69. The number of ether oxygens (including phenoxy) is 1. The quantitative estimate of drug-likeness (QED) is 0.661. The number of carbonyl (C=O) groups excluding carboxylic acids is 2. The summed E-state index contributed by atoms with van der Waals surface area (Å²) in [5, 5.41) is 0. The van der Waals surface area contributed by atoms with E-state index in [-0.39, 0.29) is 19.0 Å². The summed E-state index contributed by atoms with van der Waals surface area (Å²) in [4.78, 5) is 25.3. The number of hydrogen-bond acceptors (Lipinski definition) is 4. The van der Waals surface area contributed by atoms with Crippen LogP contribution >= 0.6 is 0 Å². The van der Waals surface area contributed by atoms with E-state index in [1.165, 1.54) is 12.0 Å². The molecular weight excluding hydrogens is 268 g/mol. The number of rotatable bonds is 4. The molecule has 0 atom stereocenters. The molecule has 0 fully saturated rings. The minimum absolute atomic E-state index is 0.0655. The van der Waals surface area contributed by atoms with Gasteiger partial charge in [-0.3, -0.25) is 9.59 Å². The van der Waals surface area contributed by atoms with E-state index in [9.17, 15) is 9.59 Å². The van der Waals surface area contributed by atoms with E-state index in [1.54, 1.807) is 12.1 Å². The van der Waals surface area contributed by atoms with Crippen molar-refractivity contribution in [1.29, 1.82) is 0 Å². The molecule has 2 N–H and O–H groups in total. The van der Waals surface area contributed by atoms with E-state index in [2.05, 4.69) is 16.6 Å². The van der Waals surface area contributed by atoms with Crippen molar-refractivity contribution in [2.24, 2.45) is 5.73 Å². The molecule has 0 saturated heterocycles. The van der Waals surface area contributed by atoms with E-state index in [0.29, 0.717) is 12.1 Å². The minimum atomic E-state index is -0.443. The number of esters is 1.